The van der Waals surface area contributed by atoms with Gasteiger partial charge in [0, 0.05) is 11.1 Å². The predicted molar refractivity (Wildman–Crippen MR) is 84.9 cm³/mol. The first kappa shape index (κ1) is 18.2. The highest BCUT2D eigenvalue weighted by Gasteiger charge is 2.31. The van der Waals surface area contributed by atoms with E-state index in [1.54, 1.807) is 0 Å². The van der Waals surface area contributed by atoms with Gasteiger partial charge in [0.2, 0.25) is 0 Å². The molecule has 1 aliphatic carbocycles. The second kappa shape index (κ2) is 7.94. The fourth-order valence-corrected chi connectivity index (χ4v) is 3.09. The molecule has 1 aromatic carbocycles. The molecular weight excluding hydrogens is 315 g/mol. The second-order valence-electron chi connectivity index (χ2n) is 5.37. The van der Waals surface area contributed by atoms with Crippen LogP contribution in [-0.2, 0) is 0 Å². The van der Waals surface area contributed by atoms with Crippen molar-refractivity contribution in [1.29, 1.82) is 0 Å². The smallest absolute Gasteiger partial charge is 0.274 e. The minimum atomic E-state index is -0.780. The van der Waals surface area contributed by atoms with Crippen molar-refractivity contribution in [2.24, 2.45) is 11.7 Å². The number of rotatable bonds is 4. The summed E-state index contributed by atoms with van der Waals surface area (Å²) in [5.74, 6) is 0.109. The van der Waals surface area contributed by atoms with Crippen LogP contribution in [0.15, 0.2) is 18.2 Å². The van der Waals surface area contributed by atoms with E-state index < -0.39 is 17.1 Å². The molecule has 7 heteroatoms. The minimum Gasteiger partial charge on any atom is -0.391 e. The van der Waals surface area contributed by atoms with Gasteiger partial charge in [-0.25, -0.2) is 0 Å². The van der Waals surface area contributed by atoms with Crippen LogP contribution in [0.1, 0.15) is 43.7 Å². The first-order valence-electron chi connectivity index (χ1n) is 6.88. The molecule has 0 aliphatic heterocycles. The van der Waals surface area contributed by atoms with Gasteiger partial charge < -0.3 is 10.8 Å². The molecule has 0 spiro atoms. The average Bonchev–Trinajstić information content (AvgIpc) is 2.46. The third-order valence-electron chi connectivity index (χ3n) is 4.05. The van der Waals surface area contributed by atoms with Gasteiger partial charge in [-0.3, -0.25) is 10.1 Å². The quantitative estimate of drug-likeness (QED) is 0.650. The topological polar surface area (TPSA) is 89.4 Å². The Morgan fingerprint density at radius 3 is 2.52 bits per heavy atom. The molecule has 118 valence electrons. The Morgan fingerprint density at radius 1 is 1.33 bits per heavy atom. The highest BCUT2D eigenvalue weighted by atomic mass is 35.5. The number of nitro benzene ring substituents is 1. The highest BCUT2D eigenvalue weighted by Crippen LogP contribution is 2.35. The summed E-state index contributed by atoms with van der Waals surface area (Å²) in [4.78, 5) is 10.6. The van der Waals surface area contributed by atoms with Crippen molar-refractivity contribution < 1.29 is 10.0 Å². The number of halogens is 2. The normalized spacial score (nSPS) is 18.6. The fraction of sp³-hybridized carbons (Fsp3) is 0.571. The molecule has 5 nitrogen and oxygen atoms in total. The molecule has 1 fully saturated rings. The zero-order valence-corrected chi connectivity index (χ0v) is 13.1. The first-order chi connectivity index (χ1) is 9.50. The summed E-state index contributed by atoms with van der Waals surface area (Å²) < 4.78 is 0. The molecule has 0 radical (unpaired) electrons. The van der Waals surface area contributed by atoms with E-state index >= 15 is 0 Å². The summed E-state index contributed by atoms with van der Waals surface area (Å²) in [5, 5.41) is 21.9. The van der Waals surface area contributed by atoms with E-state index in [1.807, 2.05) is 0 Å². The number of nitrogens with zero attached hydrogens (tertiary/aromatic N) is 1. The molecule has 3 N–H and O–H groups in total. The Kier molecular flexibility index (Phi) is 6.87. The molecule has 0 amide bonds. The predicted octanol–water partition coefficient (Wildman–Crippen LogP) is 3.61. The van der Waals surface area contributed by atoms with Crippen LogP contribution in [0.2, 0.25) is 5.02 Å². The summed E-state index contributed by atoms with van der Waals surface area (Å²) in [6.07, 6.45) is 4.40. The van der Waals surface area contributed by atoms with Crippen molar-refractivity contribution in [2.75, 3.05) is 0 Å². The fourth-order valence-electron chi connectivity index (χ4n) is 2.91. The summed E-state index contributed by atoms with van der Waals surface area (Å²) in [7, 11) is 0. The van der Waals surface area contributed by atoms with Crippen LogP contribution in [0.4, 0.5) is 5.69 Å². The first-order valence-corrected chi connectivity index (χ1v) is 7.26. The lowest BCUT2D eigenvalue weighted by atomic mass is 9.81. The van der Waals surface area contributed by atoms with Gasteiger partial charge in [-0.15, -0.1) is 12.4 Å². The van der Waals surface area contributed by atoms with E-state index in [4.69, 9.17) is 17.3 Å². The van der Waals surface area contributed by atoms with Gasteiger partial charge in [0.05, 0.1) is 22.6 Å². The van der Waals surface area contributed by atoms with E-state index in [-0.39, 0.29) is 24.0 Å². The van der Waals surface area contributed by atoms with Gasteiger partial charge >= 0.3 is 0 Å². The lowest BCUT2D eigenvalue weighted by molar-refractivity contribution is -0.385. The summed E-state index contributed by atoms with van der Waals surface area (Å²) >= 11 is 5.90. The number of aliphatic hydroxyl groups is 1. The third kappa shape index (κ3) is 4.30. The van der Waals surface area contributed by atoms with E-state index in [0.29, 0.717) is 10.6 Å². The molecule has 0 heterocycles. The summed E-state index contributed by atoms with van der Waals surface area (Å²) in [6.45, 7) is 0. The molecule has 21 heavy (non-hydrogen) atoms. The molecule has 0 unspecified atom stereocenters. The third-order valence-corrected chi connectivity index (χ3v) is 4.28. The van der Waals surface area contributed by atoms with Crippen LogP contribution in [0, 0.1) is 16.0 Å². The number of nitrogens with two attached hydrogens (primary N) is 1. The maximum atomic E-state index is 11.1. The van der Waals surface area contributed by atoms with Crippen LogP contribution in [0.5, 0.6) is 0 Å². The molecular formula is C14H20Cl2N2O3. The molecule has 0 aromatic heterocycles. The van der Waals surface area contributed by atoms with Gasteiger partial charge in [0.25, 0.3) is 5.69 Å². The Hall–Kier alpha value is -0.880. The molecule has 1 saturated carbocycles. The maximum absolute atomic E-state index is 11.1. The monoisotopic (exact) mass is 334 g/mol. The van der Waals surface area contributed by atoms with Gasteiger partial charge in [-0.1, -0.05) is 30.9 Å². The van der Waals surface area contributed by atoms with Crippen molar-refractivity contribution >= 4 is 29.7 Å². The molecule has 0 saturated heterocycles. The summed E-state index contributed by atoms with van der Waals surface area (Å²) in [5.41, 5.74) is 6.28. The van der Waals surface area contributed by atoms with Crippen LogP contribution < -0.4 is 5.73 Å². The molecule has 1 aliphatic rings. The van der Waals surface area contributed by atoms with Crippen molar-refractivity contribution in [3.8, 4) is 0 Å². The molecule has 1 aromatic rings. The number of benzene rings is 1. The van der Waals surface area contributed by atoms with Crippen LogP contribution >= 0.6 is 24.0 Å². The zero-order valence-electron chi connectivity index (χ0n) is 11.6. The number of hydrogen-bond donors (Lipinski definition) is 2. The van der Waals surface area contributed by atoms with Gasteiger partial charge in [-0.2, -0.15) is 0 Å². The lowest BCUT2D eigenvalue weighted by Crippen LogP contribution is -2.34. The number of hydrogen-bond acceptors (Lipinski definition) is 4. The zero-order chi connectivity index (χ0) is 14.7. The Morgan fingerprint density at radius 2 is 1.95 bits per heavy atom. The van der Waals surface area contributed by atoms with Gasteiger partial charge in [-0.05, 0) is 30.9 Å². The second-order valence-corrected chi connectivity index (χ2v) is 5.81. The van der Waals surface area contributed by atoms with Crippen LogP contribution in [-0.4, -0.2) is 16.1 Å². The van der Waals surface area contributed by atoms with E-state index in [2.05, 4.69) is 0 Å². The Labute approximate surface area is 135 Å². The maximum Gasteiger partial charge on any atom is 0.274 e. The van der Waals surface area contributed by atoms with Crippen LogP contribution in [0.25, 0.3) is 0 Å². The highest BCUT2D eigenvalue weighted by molar-refractivity contribution is 6.30. The van der Waals surface area contributed by atoms with Gasteiger partial charge in [0.1, 0.15) is 0 Å². The minimum absolute atomic E-state index is 0. The lowest BCUT2D eigenvalue weighted by Gasteiger charge is -2.30. The molecule has 0 bridgehead atoms. The SMILES string of the molecule is Cl.N[C@@H](c1cc(Cl)ccc1[N+](=O)[O-])[C@H](O)C1CCCCC1. The number of nitro groups is 1. The van der Waals surface area contributed by atoms with E-state index in [0.717, 1.165) is 25.7 Å². The Balaban J connectivity index is 0.00000220. The molecule has 2 atom stereocenters. The van der Waals surface area contributed by atoms with Crippen LogP contribution in [0.3, 0.4) is 0 Å². The Bertz CT molecular complexity index is 493. The van der Waals surface area contributed by atoms with E-state index in [1.165, 1.54) is 24.6 Å². The van der Waals surface area contributed by atoms with Crippen molar-refractivity contribution in [3.05, 3.63) is 38.9 Å². The number of aliphatic hydroxyl groups excluding tert-OH is 1. The van der Waals surface area contributed by atoms with Gasteiger partial charge in [0.15, 0.2) is 0 Å². The summed E-state index contributed by atoms with van der Waals surface area (Å²) in [6, 6.07) is 3.50. The van der Waals surface area contributed by atoms with E-state index in [9.17, 15) is 15.2 Å². The van der Waals surface area contributed by atoms with Crippen molar-refractivity contribution in [3.63, 3.8) is 0 Å². The standard InChI is InChI=1S/C14H19ClN2O3.ClH/c15-10-6-7-12(17(19)20)11(8-10)13(16)14(18)9-4-2-1-3-5-9;/h6-9,13-14,18H,1-5,16H2;1H/t13-,14+;/m0./s1. The van der Waals surface area contributed by atoms with Crippen molar-refractivity contribution in [1.82, 2.24) is 0 Å². The molecule has 2 rings (SSSR count). The average molecular weight is 335 g/mol. The van der Waals surface area contributed by atoms with Crippen molar-refractivity contribution in [2.45, 2.75) is 44.2 Å². The largest absolute Gasteiger partial charge is 0.391 e.